The number of carbonyl (C=O) groups is 1. The molecule has 6 heteroatoms. The molecule has 2 fully saturated rings. The number of aliphatic hydroxyl groups is 1. The minimum Gasteiger partial charge on any atom is -0.390 e. The van der Waals surface area contributed by atoms with Crippen molar-refractivity contribution in [3.8, 4) is 0 Å². The second kappa shape index (κ2) is 5.89. The maximum absolute atomic E-state index is 11.7. The Kier molecular flexibility index (Phi) is 4.63. The summed E-state index contributed by atoms with van der Waals surface area (Å²) in [5.74, 6) is 0.0241. The molecule has 0 bridgehead atoms. The van der Waals surface area contributed by atoms with Crippen molar-refractivity contribution in [3.05, 3.63) is 0 Å². The summed E-state index contributed by atoms with van der Waals surface area (Å²) in [4.78, 5) is 13.5. The number of carbonyl (C=O) groups excluding carboxylic acids is 1. The lowest BCUT2D eigenvalue weighted by molar-refractivity contribution is -0.118. The average molecular weight is 289 g/mol. The number of sulfone groups is 1. The molecular formula is C13H23NO4S. The number of nitrogens with zero attached hydrogens (tertiary/aromatic N) is 1. The van der Waals surface area contributed by atoms with Crippen molar-refractivity contribution < 1.29 is 18.3 Å². The maximum atomic E-state index is 11.7. The topological polar surface area (TPSA) is 74.7 Å². The third-order valence-corrected chi connectivity index (χ3v) is 5.86. The van der Waals surface area contributed by atoms with Gasteiger partial charge in [0.1, 0.15) is 5.78 Å². The van der Waals surface area contributed by atoms with Gasteiger partial charge in [-0.15, -0.1) is 0 Å². The molecule has 110 valence electrons. The predicted octanol–water partition coefficient (Wildman–Crippen LogP) is 0.368. The lowest BCUT2D eigenvalue weighted by Crippen LogP contribution is -2.49. The monoisotopic (exact) mass is 289 g/mol. The fraction of sp³-hybridized carbons (Fsp3) is 0.923. The molecule has 19 heavy (non-hydrogen) atoms. The van der Waals surface area contributed by atoms with Crippen LogP contribution in [0.5, 0.6) is 0 Å². The molecule has 0 aromatic rings. The summed E-state index contributed by atoms with van der Waals surface area (Å²) in [5, 5.41) is 10.0. The van der Waals surface area contributed by atoms with E-state index in [0.29, 0.717) is 6.42 Å². The van der Waals surface area contributed by atoms with E-state index >= 15 is 0 Å². The first-order valence-electron chi connectivity index (χ1n) is 7.03. The molecule has 2 saturated heterocycles. The van der Waals surface area contributed by atoms with Crippen LogP contribution in [0.1, 0.15) is 39.0 Å². The molecule has 2 aliphatic heterocycles. The summed E-state index contributed by atoms with van der Waals surface area (Å²) >= 11 is 0. The first-order valence-corrected chi connectivity index (χ1v) is 8.85. The highest BCUT2D eigenvalue weighted by atomic mass is 32.2. The highest BCUT2D eigenvalue weighted by Crippen LogP contribution is 2.27. The van der Waals surface area contributed by atoms with Gasteiger partial charge in [0, 0.05) is 12.5 Å². The van der Waals surface area contributed by atoms with Gasteiger partial charge in [0.05, 0.1) is 23.7 Å². The summed E-state index contributed by atoms with van der Waals surface area (Å²) < 4.78 is 23.3. The van der Waals surface area contributed by atoms with E-state index < -0.39 is 15.9 Å². The van der Waals surface area contributed by atoms with E-state index in [9.17, 15) is 18.3 Å². The number of hydrogen-bond donors (Lipinski definition) is 1. The molecule has 1 N–H and O–H groups in total. The molecule has 0 radical (unpaired) electrons. The average Bonchev–Trinajstić information content (AvgIpc) is 2.48. The minimum atomic E-state index is -3.13. The first-order chi connectivity index (χ1) is 8.89. The molecule has 0 amide bonds. The van der Waals surface area contributed by atoms with Crippen molar-refractivity contribution in [3.63, 3.8) is 0 Å². The van der Waals surface area contributed by atoms with Gasteiger partial charge in [-0.05, 0) is 26.3 Å². The Balaban J connectivity index is 2.15. The standard InChI is InChI=1S/C13H23NO4S/c1-10(15)7-11-5-3-2-4-6-14(11)12-8-19(17,18)9-13(12)16/h11-13,16H,2-9H2,1H3. The van der Waals surface area contributed by atoms with Crippen LogP contribution in [0.3, 0.4) is 0 Å². The van der Waals surface area contributed by atoms with E-state index in [1.807, 2.05) is 0 Å². The van der Waals surface area contributed by atoms with E-state index in [1.54, 1.807) is 6.92 Å². The van der Waals surface area contributed by atoms with Crippen LogP contribution in [0, 0.1) is 0 Å². The third-order valence-electron chi connectivity index (χ3n) is 4.17. The van der Waals surface area contributed by atoms with Crippen molar-refractivity contribution in [2.75, 3.05) is 18.1 Å². The fourth-order valence-corrected chi connectivity index (χ4v) is 5.13. The first kappa shape index (κ1) is 14.9. The predicted molar refractivity (Wildman–Crippen MR) is 72.7 cm³/mol. The van der Waals surface area contributed by atoms with Crippen LogP contribution in [0.2, 0.25) is 0 Å². The highest BCUT2D eigenvalue weighted by Gasteiger charge is 2.42. The fourth-order valence-electron chi connectivity index (χ4n) is 3.31. The number of ketones is 1. The van der Waals surface area contributed by atoms with E-state index in [2.05, 4.69) is 4.90 Å². The molecule has 3 unspecified atom stereocenters. The van der Waals surface area contributed by atoms with Gasteiger partial charge in [0.25, 0.3) is 0 Å². The zero-order valence-corrected chi connectivity index (χ0v) is 12.2. The molecule has 2 rings (SSSR count). The van der Waals surface area contributed by atoms with Crippen LogP contribution in [0.25, 0.3) is 0 Å². The summed E-state index contributed by atoms with van der Waals surface area (Å²) in [7, 11) is -3.13. The minimum absolute atomic E-state index is 0.0303. The van der Waals surface area contributed by atoms with Gasteiger partial charge in [-0.2, -0.15) is 0 Å². The molecule has 3 atom stereocenters. The van der Waals surface area contributed by atoms with Gasteiger partial charge in [-0.3, -0.25) is 9.69 Å². The lowest BCUT2D eigenvalue weighted by Gasteiger charge is -2.35. The molecule has 0 aliphatic carbocycles. The second-order valence-electron chi connectivity index (χ2n) is 5.86. The molecule has 0 aromatic heterocycles. The number of hydrogen-bond acceptors (Lipinski definition) is 5. The van der Waals surface area contributed by atoms with Crippen LogP contribution >= 0.6 is 0 Å². The largest absolute Gasteiger partial charge is 0.390 e. The third kappa shape index (κ3) is 3.77. The van der Waals surface area contributed by atoms with Crippen molar-refractivity contribution in [2.24, 2.45) is 0 Å². The Labute approximate surface area is 114 Å². The Hall–Kier alpha value is -0.460. The van der Waals surface area contributed by atoms with Crippen LogP contribution in [0.4, 0.5) is 0 Å². The highest BCUT2D eigenvalue weighted by molar-refractivity contribution is 7.91. The molecule has 5 nitrogen and oxygen atoms in total. The zero-order valence-electron chi connectivity index (χ0n) is 11.4. The number of rotatable bonds is 3. The van der Waals surface area contributed by atoms with Crippen molar-refractivity contribution in [1.29, 1.82) is 0 Å². The smallest absolute Gasteiger partial charge is 0.154 e. The molecule has 0 aromatic carbocycles. The lowest BCUT2D eigenvalue weighted by atomic mass is 10.0. The van der Waals surface area contributed by atoms with Gasteiger partial charge in [-0.25, -0.2) is 8.42 Å². The maximum Gasteiger partial charge on any atom is 0.154 e. The Morgan fingerprint density at radius 3 is 2.58 bits per heavy atom. The molecule has 2 heterocycles. The zero-order chi connectivity index (χ0) is 14.0. The molecule has 2 aliphatic rings. The Bertz CT molecular complexity index is 434. The van der Waals surface area contributed by atoms with Gasteiger partial charge in [0.15, 0.2) is 9.84 Å². The summed E-state index contributed by atoms with van der Waals surface area (Å²) in [6, 6.07) is -0.236. The van der Waals surface area contributed by atoms with Crippen molar-refractivity contribution in [2.45, 2.75) is 57.2 Å². The Morgan fingerprint density at radius 2 is 2.00 bits per heavy atom. The van der Waals surface area contributed by atoms with E-state index in [1.165, 1.54) is 0 Å². The number of likely N-dealkylation sites (tertiary alicyclic amines) is 1. The molecule has 0 spiro atoms. The van der Waals surface area contributed by atoms with Gasteiger partial charge in [0.2, 0.25) is 0 Å². The van der Waals surface area contributed by atoms with Crippen molar-refractivity contribution in [1.82, 2.24) is 4.90 Å². The summed E-state index contributed by atoms with van der Waals surface area (Å²) in [6.45, 7) is 2.36. The van der Waals surface area contributed by atoms with Crippen LogP contribution < -0.4 is 0 Å². The summed E-state index contributed by atoms with van der Waals surface area (Å²) in [6.07, 6.45) is 3.77. The second-order valence-corrected chi connectivity index (χ2v) is 8.01. The summed E-state index contributed by atoms with van der Waals surface area (Å²) in [5.41, 5.74) is 0. The van der Waals surface area contributed by atoms with E-state index in [4.69, 9.17) is 0 Å². The quantitative estimate of drug-likeness (QED) is 0.812. The SMILES string of the molecule is CC(=O)CC1CCCCCN1C1CS(=O)(=O)CC1O. The molecular weight excluding hydrogens is 266 g/mol. The number of Topliss-reactive ketones (excluding diaryl/α,β-unsaturated/α-hetero) is 1. The Morgan fingerprint density at radius 1 is 1.26 bits per heavy atom. The van der Waals surface area contributed by atoms with Crippen LogP contribution in [-0.4, -0.2) is 60.4 Å². The van der Waals surface area contributed by atoms with Gasteiger partial charge < -0.3 is 5.11 Å². The van der Waals surface area contributed by atoms with Gasteiger partial charge >= 0.3 is 0 Å². The number of aliphatic hydroxyl groups excluding tert-OH is 1. The normalized spacial score (nSPS) is 36.0. The van der Waals surface area contributed by atoms with Gasteiger partial charge in [-0.1, -0.05) is 12.8 Å². The van der Waals surface area contributed by atoms with E-state index in [-0.39, 0.29) is 29.4 Å². The van der Waals surface area contributed by atoms with Crippen LogP contribution in [0.15, 0.2) is 0 Å². The van der Waals surface area contributed by atoms with Crippen molar-refractivity contribution >= 4 is 15.6 Å². The van der Waals surface area contributed by atoms with Crippen LogP contribution in [-0.2, 0) is 14.6 Å². The molecule has 0 saturated carbocycles. The van der Waals surface area contributed by atoms with E-state index in [0.717, 1.165) is 32.2 Å².